The summed E-state index contributed by atoms with van der Waals surface area (Å²) in [5.41, 5.74) is 1.27. The number of hydrogen-bond donors (Lipinski definition) is 0. The first-order valence-electron chi connectivity index (χ1n) is 8.22. The normalized spacial score (nSPS) is 13.0. The third-order valence-electron chi connectivity index (χ3n) is 4.08. The van der Waals surface area contributed by atoms with Crippen molar-refractivity contribution in [3.63, 3.8) is 0 Å². The lowest BCUT2D eigenvalue weighted by atomic mass is 10.1. The molecule has 0 bridgehead atoms. The second-order valence-corrected chi connectivity index (χ2v) is 6.83. The number of amides is 2. The lowest BCUT2D eigenvalue weighted by Crippen LogP contribution is -2.35. The van der Waals surface area contributed by atoms with E-state index in [-0.39, 0.29) is 23.6 Å². The van der Waals surface area contributed by atoms with Gasteiger partial charge in [-0.05, 0) is 36.4 Å². The van der Waals surface area contributed by atoms with E-state index < -0.39 is 24.3 Å². The number of halogens is 1. The van der Waals surface area contributed by atoms with Crippen molar-refractivity contribution in [1.29, 1.82) is 0 Å². The van der Waals surface area contributed by atoms with E-state index in [2.05, 4.69) is 26.1 Å². The molecule has 0 aliphatic carbocycles. The molecule has 1 aliphatic heterocycles. The molecular weight excluding hydrogens is 430 g/mol. The largest absolute Gasteiger partial charge is 0.454 e. The van der Waals surface area contributed by atoms with Gasteiger partial charge in [0, 0.05) is 10.0 Å². The molecule has 3 aromatic rings. The van der Waals surface area contributed by atoms with E-state index in [1.165, 1.54) is 0 Å². The van der Waals surface area contributed by atoms with Crippen LogP contribution < -0.4 is 0 Å². The number of benzene rings is 2. The summed E-state index contributed by atoms with van der Waals surface area (Å²) in [4.78, 5) is 37.4. The SMILES string of the molecule is O=C(CN1C(=O)c2ccccc2C1=O)OCc1nnc(-c2ccc(Br)cc2)o1. The Morgan fingerprint density at radius 1 is 1.00 bits per heavy atom. The Morgan fingerprint density at radius 3 is 2.29 bits per heavy atom. The summed E-state index contributed by atoms with van der Waals surface area (Å²) >= 11 is 3.34. The van der Waals surface area contributed by atoms with E-state index in [9.17, 15) is 14.4 Å². The quantitative estimate of drug-likeness (QED) is 0.442. The maximum absolute atomic E-state index is 12.3. The first-order valence-corrected chi connectivity index (χ1v) is 9.01. The van der Waals surface area contributed by atoms with Crippen LogP contribution in [0, 0.1) is 0 Å². The van der Waals surface area contributed by atoms with Crippen molar-refractivity contribution >= 4 is 33.7 Å². The highest BCUT2D eigenvalue weighted by molar-refractivity contribution is 9.10. The van der Waals surface area contributed by atoms with E-state index in [1.54, 1.807) is 36.4 Å². The number of aromatic nitrogens is 2. The standard InChI is InChI=1S/C19H12BrN3O5/c20-12-7-5-11(6-8-12)17-22-21-15(28-17)10-27-16(24)9-23-18(25)13-3-1-2-4-14(13)19(23)26/h1-8H,9-10H2. The van der Waals surface area contributed by atoms with E-state index in [1.807, 2.05) is 12.1 Å². The Bertz CT molecular complexity index is 1040. The number of fused-ring (bicyclic) bond motifs is 1. The third-order valence-corrected chi connectivity index (χ3v) is 4.61. The van der Waals surface area contributed by atoms with Gasteiger partial charge < -0.3 is 9.15 Å². The molecule has 0 atom stereocenters. The zero-order valence-electron chi connectivity index (χ0n) is 14.3. The number of rotatable bonds is 5. The molecule has 1 aromatic heterocycles. The lowest BCUT2D eigenvalue weighted by molar-refractivity contribution is -0.145. The van der Waals surface area contributed by atoms with Crippen LogP contribution in [0.15, 0.2) is 57.4 Å². The van der Waals surface area contributed by atoms with Crippen LogP contribution in [-0.2, 0) is 16.1 Å². The fraction of sp³-hybridized carbons (Fsp3) is 0.105. The summed E-state index contributed by atoms with van der Waals surface area (Å²) < 4.78 is 11.4. The van der Waals surface area contributed by atoms with E-state index >= 15 is 0 Å². The number of imide groups is 1. The molecule has 9 heteroatoms. The second kappa shape index (κ2) is 7.35. The molecule has 0 radical (unpaired) electrons. The number of ether oxygens (including phenoxy) is 1. The fourth-order valence-corrected chi connectivity index (χ4v) is 2.99. The fourth-order valence-electron chi connectivity index (χ4n) is 2.72. The monoisotopic (exact) mass is 441 g/mol. The molecule has 0 saturated carbocycles. The number of nitrogens with zero attached hydrogens (tertiary/aromatic N) is 3. The van der Waals surface area contributed by atoms with Crippen molar-refractivity contribution in [2.75, 3.05) is 6.54 Å². The Balaban J connectivity index is 1.36. The zero-order chi connectivity index (χ0) is 19.7. The van der Waals surface area contributed by atoms with Crippen molar-refractivity contribution in [3.8, 4) is 11.5 Å². The molecule has 1 aliphatic rings. The van der Waals surface area contributed by atoms with Crippen molar-refractivity contribution in [1.82, 2.24) is 15.1 Å². The molecule has 0 saturated heterocycles. The Hall–Kier alpha value is -3.33. The summed E-state index contributed by atoms with van der Waals surface area (Å²) in [5, 5.41) is 7.73. The van der Waals surface area contributed by atoms with Crippen molar-refractivity contribution in [3.05, 3.63) is 70.0 Å². The second-order valence-electron chi connectivity index (χ2n) is 5.91. The molecule has 0 spiro atoms. The molecule has 2 aromatic carbocycles. The number of hydrogen-bond acceptors (Lipinski definition) is 7. The molecule has 140 valence electrons. The maximum Gasteiger partial charge on any atom is 0.326 e. The van der Waals surface area contributed by atoms with Crippen molar-refractivity contribution in [2.45, 2.75) is 6.61 Å². The van der Waals surface area contributed by atoms with Crippen LogP contribution in [0.2, 0.25) is 0 Å². The zero-order valence-corrected chi connectivity index (χ0v) is 15.9. The van der Waals surface area contributed by atoms with Gasteiger partial charge in [-0.15, -0.1) is 10.2 Å². The van der Waals surface area contributed by atoms with Gasteiger partial charge in [-0.25, -0.2) is 0 Å². The minimum Gasteiger partial charge on any atom is -0.454 e. The molecule has 4 rings (SSSR count). The molecular formula is C19H12BrN3O5. The highest BCUT2D eigenvalue weighted by Gasteiger charge is 2.36. The lowest BCUT2D eigenvalue weighted by Gasteiger charge is -2.12. The van der Waals surface area contributed by atoms with Crippen LogP contribution in [0.25, 0.3) is 11.5 Å². The van der Waals surface area contributed by atoms with Crippen LogP contribution in [-0.4, -0.2) is 39.4 Å². The molecule has 2 amide bonds. The minimum absolute atomic E-state index is 0.105. The van der Waals surface area contributed by atoms with Gasteiger partial charge in [0.25, 0.3) is 17.7 Å². The van der Waals surface area contributed by atoms with Crippen LogP contribution in [0.1, 0.15) is 26.6 Å². The van der Waals surface area contributed by atoms with Gasteiger partial charge in [-0.1, -0.05) is 28.1 Å². The summed E-state index contributed by atoms with van der Waals surface area (Å²) in [5.74, 6) is -1.40. The first kappa shape index (κ1) is 18.1. The molecule has 8 nitrogen and oxygen atoms in total. The van der Waals surface area contributed by atoms with Gasteiger partial charge >= 0.3 is 5.97 Å². The predicted molar refractivity (Wildman–Crippen MR) is 99.0 cm³/mol. The summed E-state index contributed by atoms with van der Waals surface area (Å²) in [6.45, 7) is -0.744. The van der Waals surface area contributed by atoms with Crippen LogP contribution in [0.3, 0.4) is 0 Å². The van der Waals surface area contributed by atoms with Gasteiger partial charge in [0.05, 0.1) is 11.1 Å². The maximum atomic E-state index is 12.3. The minimum atomic E-state index is -0.752. The molecule has 0 N–H and O–H groups in total. The van der Waals surface area contributed by atoms with Gasteiger partial charge in [-0.2, -0.15) is 0 Å². The highest BCUT2D eigenvalue weighted by Crippen LogP contribution is 2.23. The highest BCUT2D eigenvalue weighted by atomic mass is 79.9. The van der Waals surface area contributed by atoms with Gasteiger partial charge in [-0.3, -0.25) is 19.3 Å². The predicted octanol–water partition coefficient (Wildman–Crippen LogP) is 2.84. The molecule has 0 unspecified atom stereocenters. The Morgan fingerprint density at radius 2 is 1.64 bits per heavy atom. The van der Waals surface area contributed by atoms with Gasteiger partial charge in [0.15, 0.2) is 6.61 Å². The summed E-state index contributed by atoms with van der Waals surface area (Å²) in [6.07, 6.45) is 0. The average molecular weight is 442 g/mol. The third kappa shape index (κ3) is 3.44. The van der Waals surface area contributed by atoms with Gasteiger partial charge in [0.2, 0.25) is 5.89 Å². The molecule has 0 fully saturated rings. The van der Waals surface area contributed by atoms with E-state index in [4.69, 9.17) is 9.15 Å². The topological polar surface area (TPSA) is 103 Å². The van der Waals surface area contributed by atoms with Crippen LogP contribution in [0.5, 0.6) is 0 Å². The molecule has 28 heavy (non-hydrogen) atoms. The Kier molecular flexibility index (Phi) is 4.74. The molecule has 2 heterocycles. The van der Waals surface area contributed by atoms with Crippen LogP contribution >= 0.6 is 15.9 Å². The van der Waals surface area contributed by atoms with E-state index in [0.29, 0.717) is 5.89 Å². The average Bonchev–Trinajstić information content (AvgIpc) is 3.27. The summed E-state index contributed by atoms with van der Waals surface area (Å²) in [6, 6.07) is 13.7. The first-order chi connectivity index (χ1) is 13.5. The van der Waals surface area contributed by atoms with Crippen molar-refractivity contribution < 1.29 is 23.5 Å². The van der Waals surface area contributed by atoms with Gasteiger partial charge in [0.1, 0.15) is 6.54 Å². The van der Waals surface area contributed by atoms with E-state index in [0.717, 1.165) is 14.9 Å². The summed E-state index contributed by atoms with van der Waals surface area (Å²) in [7, 11) is 0. The smallest absolute Gasteiger partial charge is 0.326 e. The number of carbonyl (C=O) groups is 3. The number of esters is 1. The Labute approximate surface area is 167 Å². The number of carbonyl (C=O) groups excluding carboxylic acids is 3. The van der Waals surface area contributed by atoms with Crippen LogP contribution in [0.4, 0.5) is 0 Å². The van der Waals surface area contributed by atoms with Crippen molar-refractivity contribution in [2.24, 2.45) is 0 Å².